The second-order valence-corrected chi connectivity index (χ2v) is 4.66. The summed E-state index contributed by atoms with van der Waals surface area (Å²) >= 11 is 1.53. The van der Waals surface area contributed by atoms with E-state index in [0.29, 0.717) is 11.4 Å². The molecule has 0 bridgehead atoms. The van der Waals surface area contributed by atoms with Gasteiger partial charge in [0.1, 0.15) is 11.6 Å². The van der Waals surface area contributed by atoms with Crippen LogP contribution in [0.25, 0.3) is 5.57 Å². The minimum Gasteiger partial charge on any atom is -0.348 e. The Morgan fingerprint density at radius 2 is 1.94 bits per heavy atom. The first-order valence-electron chi connectivity index (χ1n) is 5.34. The van der Waals surface area contributed by atoms with E-state index < -0.39 is 0 Å². The lowest BCUT2D eigenvalue weighted by molar-refractivity contribution is 1.12. The molecule has 4 nitrogen and oxygen atoms in total. The Kier molecular flexibility index (Phi) is 2.71. The molecule has 0 unspecified atom stereocenters. The maximum atomic E-state index is 9.28. The third-order valence-corrected chi connectivity index (χ3v) is 3.56. The molecule has 2 aromatic rings. The number of hydrogen-bond donors (Lipinski definition) is 1. The van der Waals surface area contributed by atoms with Gasteiger partial charge in [0.05, 0.1) is 10.7 Å². The number of allylic oxidation sites excluding steroid dienone is 1. The standard InChI is InChI=1S/C13H8N4S/c14-8-9(12-15-6-3-7-16-12)13-17-10-4-1-2-5-11(10)18-13/h1-7,17H/b13-9-. The van der Waals surface area contributed by atoms with Gasteiger partial charge in [-0.1, -0.05) is 23.9 Å². The van der Waals surface area contributed by atoms with Crippen molar-refractivity contribution in [3.8, 4) is 6.07 Å². The molecule has 0 atom stereocenters. The van der Waals surface area contributed by atoms with Gasteiger partial charge in [0, 0.05) is 17.3 Å². The zero-order valence-corrected chi connectivity index (χ0v) is 10.1. The molecule has 0 aliphatic carbocycles. The van der Waals surface area contributed by atoms with E-state index in [2.05, 4.69) is 21.4 Å². The number of hydrogen-bond acceptors (Lipinski definition) is 5. The van der Waals surface area contributed by atoms with Gasteiger partial charge in [-0.25, -0.2) is 9.97 Å². The highest BCUT2D eigenvalue weighted by molar-refractivity contribution is 8.04. The summed E-state index contributed by atoms with van der Waals surface area (Å²) in [5.74, 6) is 0.447. The van der Waals surface area contributed by atoms with Crippen molar-refractivity contribution in [1.82, 2.24) is 9.97 Å². The first-order chi connectivity index (χ1) is 8.88. The molecule has 18 heavy (non-hydrogen) atoms. The van der Waals surface area contributed by atoms with Crippen molar-refractivity contribution in [3.05, 3.63) is 53.6 Å². The van der Waals surface area contributed by atoms with E-state index >= 15 is 0 Å². The summed E-state index contributed by atoms with van der Waals surface area (Å²) in [7, 11) is 0. The SMILES string of the molecule is N#C/C(=C1\Nc2ccccc2S1)c1ncccn1. The molecule has 1 aliphatic heterocycles. The fourth-order valence-corrected chi connectivity index (χ4v) is 2.66. The first-order valence-corrected chi connectivity index (χ1v) is 6.16. The van der Waals surface area contributed by atoms with Crippen LogP contribution in [0.3, 0.4) is 0 Å². The van der Waals surface area contributed by atoms with Crippen molar-refractivity contribution < 1.29 is 0 Å². The Balaban J connectivity index is 2.05. The van der Waals surface area contributed by atoms with Crippen LogP contribution in [0.15, 0.2) is 52.7 Å². The molecule has 1 aliphatic rings. The second-order valence-electron chi connectivity index (χ2n) is 3.61. The van der Waals surface area contributed by atoms with Crippen molar-refractivity contribution in [2.24, 2.45) is 0 Å². The van der Waals surface area contributed by atoms with E-state index in [1.165, 1.54) is 11.8 Å². The number of thioether (sulfide) groups is 1. The highest BCUT2D eigenvalue weighted by Gasteiger charge is 2.20. The monoisotopic (exact) mass is 252 g/mol. The minimum atomic E-state index is 0.447. The Morgan fingerprint density at radius 1 is 1.17 bits per heavy atom. The van der Waals surface area contributed by atoms with Gasteiger partial charge in [-0.2, -0.15) is 5.26 Å². The molecule has 2 heterocycles. The second kappa shape index (κ2) is 4.51. The molecule has 0 amide bonds. The quantitative estimate of drug-likeness (QED) is 0.791. The van der Waals surface area contributed by atoms with Crippen LogP contribution in [-0.4, -0.2) is 9.97 Å². The topological polar surface area (TPSA) is 61.6 Å². The summed E-state index contributed by atoms with van der Waals surface area (Å²) in [6, 6.07) is 11.8. The average Bonchev–Trinajstić information content (AvgIpc) is 2.84. The van der Waals surface area contributed by atoms with E-state index in [1.54, 1.807) is 18.5 Å². The van der Waals surface area contributed by atoms with E-state index in [9.17, 15) is 5.26 Å². The molecule has 86 valence electrons. The maximum absolute atomic E-state index is 9.28. The molecule has 1 aromatic carbocycles. The van der Waals surface area contributed by atoms with Gasteiger partial charge < -0.3 is 5.32 Å². The van der Waals surface area contributed by atoms with Crippen LogP contribution in [0, 0.1) is 11.3 Å². The molecular weight excluding hydrogens is 244 g/mol. The largest absolute Gasteiger partial charge is 0.348 e. The molecule has 0 spiro atoms. The molecule has 5 heteroatoms. The molecular formula is C13H8N4S. The summed E-state index contributed by atoms with van der Waals surface area (Å²) in [5, 5.41) is 13.3. The fourth-order valence-electron chi connectivity index (χ4n) is 1.66. The molecule has 3 rings (SSSR count). The number of rotatable bonds is 1. The number of aromatic nitrogens is 2. The van der Waals surface area contributed by atoms with E-state index in [1.807, 2.05) is 24.3 Å². The van der Waals surface area contributed by atoms with Crippen LogP contribution in [0.4, 0.5) is 5.69 Å². The molecule has 0 saturated heterocycles. The van der Waals surface area contributed by atoms with Gasteiger partial charge in [-0.15, -0.1) is 0 Å². The van der Waals surface area contributed by atoms with Gasteiger partial charge in [0.25, 0.3) is 0 Å². The van der Waals surface area contributed by atoms with Crippen LogP contribution >= 0.6 is 11.8 Å². The van der Waals surface area contributed by atoms with E-state index in [-0.39, 0.29) is 0 Å². The van der Waals surface area contributed by atoms with Crippen molar-refractivity contribution >= 4 is 23.0 Å². The lowest BCUT2D eigenvalue weighted by atomic mass is 10.3. The summed E-state index contributed by atoms with van der Waals surface area (Å²) in [4.78, 5) is 9.33. The fraction of sp³-hybridized carbons (Fsp3) is 0. The Labute approximate surface area is 108 Å². The predicted molar refractivity (Wildman–Crippen MR) is 70.5 cm³/mol. The number of para-hydroxylation sites is 1. The number of anilines is 1. The molecule has 1 N–H and O–H groups in total. The molecule has 1 aromatic heterocycles. The van der Waals surface area contributed by atoms with Crippen molar-refractivity contribution in [2.45, 2.75) is 4.90 Å². The summed E-state index contributed by atoms with van der Waals surface area (Å²) in [6.07, 6.45) is 3.26. The zero-order valence-electron chi connectivity index (χ0n) is 9.29. The van der Waals surface area contributed by atoms with Crippen LogP contribution < -0.4 is 5.32 Å². The predicted octanol–water partition coefficient (Wildman–Crippen LogP) is 2.89. The highest BCUT2D eigenvalue weighted by atomic mass is 32.2. The molecule has 0 fully saturated rings. The number of fused-ring (bicyclic) bond motifs is 1. The smallest absolute Gasteiger partial charge is 0.172 e. The lowest BCUT2D eigenvalue weighted by Gasteiger charge is -2.01. The average molecular weight is 252 g/mol. The van der Waals surface area contributed by atoms with E-state index in [4.69, 9.17) is 0 Å². The van der Waals surface area contributed by atoms with Crippen molar-refractivity contribution in [2.75, 3.05) is 5.32 Å². The van der Waals surface area contributed by atoms with Crippen molar-refractivity contribution in [3.63, 3.8) is 0 Å². The number of nitriles is 1. The number of nitrogens with zero attached hydrogens (tertiary/aromatic N) is 3. The van der Waals surface area contributed by atoms with Gasteiger partial charge in [0.2, 0.25) is 0 Å². The summed E-state index contributed by atoms with van der Waals surface area (Å²) in [5.41, 5.74) is 1.48. The van der Waals surface area contributed by atoms with Crippen LogP contribution in [-0.2, 0) is 0 Å². The van der Waals surface area contributed by atoms with Crippen molar-refractivity contribution in [1.29, 1.82) is 5.26 Å². The lowest BCUT2D eigenvalue weighted by Crippen LogP contribution is -1.97. The van der Waals surface area contributed by atoms with E-state index in [0.717, 1.165) is 15.6 Å². The third kappa shape index (κ3) is 1.83. The number of benzene rings is 1. The summed E-state index contributed by atoms with van der Waals surface area (Å²) < 4.78 is 0. The first kappa shape index (κ1) is 10.8. The van der Waals surface area contributed by atoms with Gasteiger partial charge in [0.15, 0.2) is 5.82 Å². The van der Waals surface area contributed by atoms with Crippen LogP contribution in [0.1, 0.15) is 5.82 Å². The normalized spacial score (nSPS) is 15.5. The van der Waals surface area contributed by atoms with Gasteiger partial charge in [-0.05, 0) is 18.2 Å². The Bertz CT molecular complexity index is 631. The van der Waals surface area contributed by atoms with Gasteiger partial charge >= 0.3 is 0 Å². The molecule has 0 saturated carbocycles. The highest BCUT2D eigenvalue weighted by Crippen LogP contribution is 2.43. The summed E-state index contributed by atoms with van der Waals surface area (Å²) in [6.45, 7) is 0. The van der Waals surface area contributed by atoms with Crippen LogP contribution in [0.2, 0.25) is 0 Å². The zero-order chi connectivity index (χ0) is 12.4. The Morgan fingerprint density at radius 3 is 2.67 bits per heavy atom. The number of nitrogens with one attached hydrogen (secondary N) is 1. The molecule has 0 radical (unpaired) electrons. The van der Waals surface area contributed by atoms with Gasteiger partial charge in [-0.3, -0.25) is 0 Å². The van der Waals surface area contributed by atoms with Crippen LogP contribution in [0.5, 0.6) is 0 Å². The maximum Gasteiger partial charge on any atom is 0.172 e. The minimum absolute atomic E-state index is 0.447. The third-order valence-electron chi connectivity index (χ3n) is 2.48. The Hall–Kier alpha value is -2.32.